The Kier molecular flexibility index (Phi) is 6.84. The summed E-state index contributed by atoms with van der Waals surface area (Å²) in [7, 11) is 0. The van der Waals surface area contributed by atoms with Crippen LogP contribution in [0.1, 0.15) is 18.4 Å². The van der Waals surface area contributed by atoms with Crippen LogP contribution in [0.3, 0.4) is 0 Å². The Balaban J connectivity index is 1.56. The van der Waals surface area contributed by atoms with Gasteiger partial charge >= 0.3 is 12.0 Å². The number of para-hydroxylation sites is 1. The summed E-state index contributed by atoms with van der Waals surface area (Å²) in [5, 5.41) is 5.23. The molecule has 2 aromatic rings. The maximum Gasteiger partial charge on any atom is 0.326 e. The van der Waals surface area contributed by atoms with Gasteiger partial charge < -0.3 is 15.4 Å². The summed E-state index contributed by atoms with van der Waals surface area (Å²) in [6, 6.07) is 15.7. The predicted octanol–water partition coefficient (Wildman–Crippen LogP) is 3.10. The van der Waals surface area contributed by atoms with Crippen molar-refractivity contribution in [1.29, 1.82) is 0 Å². The third-order valence-electron chi connectivity index (χ3n) is 4.51. The third kappa shape index (κ3) is 6.64. The van der Waals surface area contributed by atoms with Crippen molar-refractivity contribution < 1.29 is 19.1 Å². The van der Waals surface area contributed by atoms with E-state index in [1.807, 2.05) is 31.2 Å². The summed E-state index contributed by atoms with van der Waals surface area (Å²) >= 11 is 0. The molecule has 1 fully saturated rings. The van der Waals surface area contributed by atoms with Crippen molar-refractivity contribution in [2.75, 3.05) is 29.9 Å². The molecule has 3 amide bonds. The van der Waals surface area contributed by atoms with Crippen LogP contribution in [0.2, 0.25) is 0 Å². The van der Waals surface area contributed by atoms with E-state index in [9.17, 15) is 14.4 Å². The zero-order chi connectivity index (χ0) is 20.6. The molecule has 152 valence electrons. The number of urea groups is 1. The van der Waals surface area contributed by atoms with Crippen LogP contribution in [0.5, 0.6) is 0 Å². The fourth-order valence-electron chi connectivity index (χ4n) is 2.75. The molecule has 2 aromatic carbocycles. The predicted molar refractivity (Wildman–Crippen MR) is 111 cm³/mol. The van der Waals surface area contributed by atoms with Crippen molar-refractivity contribution >= 4 is 29.3 Å². The van der Waals surface area contributed by atoms with E-state index >= 15 is 0 Å². The van der Waals surface area contributed by atoms with Crippen LogP contribution in [0.4, 0.5) is 16.2 Å². The molecule has 0 aromatic heterocycles. The van der Waals surface area contributed by atoms with Gasteiger partial charge in [0, 0.05) is 11.4 Å². The lowest BCUT2D eigenvalue weighted by atomic mass is 10.2. The highest BCUT2D eigenvalue weighted by molar-refractivity contribution is 6.01. The number of nitrogens with one attached hydrogen (secondary N) is 2. The Hall–Kier alpha value is -3.35. The number of amides is 3. The van der Waals surface area contributed by atoms with E-state index in [1.165, 1.54) is 4.90 Å². The number of benzene rings is 2. The Morgan fingerprint density at radius 3 is 2.52 bits per heavy atom. The minimum Gasteiger partial charge on any atom is -0.464 e. The zero-order valence-electron chi connectivity index (χ0n) is 16.4. The standard InChI is InChI=1S/C22H25N3O4/c1-16-6-5-7-18(12-16)24-22(28)23-13-20(26)25(19-8-3-2-4-9-19)14-21(27)29-15-17-10-11-17/h2-9,12,17H,10-11,13-15H2,1H3,(H2,23,24,28). The molecule has 0 spiro atoms. The van der Waals surface area contributed by atoms with Crippen molar-refractivity contribution in [3.8, 4) is 0 Å². The molecular weight excluding hydrogens is 370 g/mol. The average molecular weight is 395 g/mol. The van der Waals surface area contributed by atoms with Crippen LogP contribution >= 0.6 is 0 Å². The molecule has 0 heterocycles. The molecule has 0 saturated heterocycles. The topological polar surface area (TPSA) is 87.7 Å². The fourth-order valence-corrected chi connectivity index (χ4v) is 2.75. The van der Waals surface area contributed by atoms with Crippen LogP contribution in [0.25, 0.3) is 0 Å². The molecular formula is C22H25N3O4. The maximum absolute atomic E-state index is 12.7. The number of anilines is 2. The average Bonchev–Trinajstić information content (AvgIpc) is 3.54. The summed E-state index contributed by atoms with van der Waals surface area (Å²) in [6.07, 6.45) is 2.16. The number of ether oxygens (including phenoxy) is 1. The van der Waals surface area contributed by atoms with Gasteiger partial charge in [0.05, 0.1) is 13.2 Å². The number of nitrogens with zero attached hydrogens (tertiary/aromatic N) is 1. The van der Waals surface area contributed by atoms with Gasteiger partial charge in [0.25, 0.3) is 0 Å². The fraction of sp³-hybridized carbons (Fsp3) is 0.318. The van der Waals surface area contributed by atoms with Crippen molar-refractivity contribution in [3.63, 3.8) is 0 Å². The minimum absolute atomic E-state index is 0.198. The maximum atomic E-state index is 12.7. The number of hydrogen-bond acceptors (Lipinski definition) is 4. The molecule has 0 atom stereocenters. The summed E-state index contributed by atoms with van der Waals surface area (Å²) < 4.78 is 5.25. The van der Waals surface area contributed by atoms with Gasteiger partial charge in [-0.25, -0.2) is 4.79 Å². The summed E-state index contributed by atoms with van der Waals surface area (Å²) in [6.45, 7) is 1.87. The van der Waals surface area contributed by atoms with E-state index in [-0.39, 0.29) is 13.1 Å². The normalized spacial score (nSPS) is 12.7. The van der Waals surface area contributed by atoms with Gasteiger partial charge in [-0.15, -0.1) is 0 Å². The highest BCUT2D eigenvalue weighted by Crippen LogP contribution is 2.28. The Labute approximate surface area is 170 Å². The lowest BCUT2D eigenvalue weighted by Crippen LogP contribution is -2.44. The molecule has 1 aliphatic rings. The van der Waals surface area contributed by atoms with Gasteiger partial charge in [-0.3, -0.25) is 14.5 Å². The van der Waals surface area contributed by atoms with Crippen LogP contribution in [-0.4, -0.2) is 37.6 Å². The largest absolute Gasteiger partial charge is 0.464 e. The van der Waals surface area contributed by atoms with Gasteiger partial charge in [0.15, 0.2) is 0 Å². The number of carbonyl (C=O) groups is 3. The van der Waals surface area contributed by atoms with E-state index < -0.39 is 17.9 Å². The second-order valence-corrected chi connectivity index (χ2v) is 7.12. The molecule has 1 aliphatic carbocycles. The minimum atomic E-state index is -0.492. The number of aryl methyl sites for hydroxylation is 1. The molecule has 0 unspecified atom stereocenters. The van der Waals surface area contributed by atoms with Crippen LogP contribution in [0, 0.1) is 12.8 Å². The van der Waals surface area contributed by atoms with Crippen molar-refractivity contribution in [2.45, 2.75) is 19.8 Å². The Morgan fingerprint density at radius 2 is 1.83 bits per heavy atom. The van der Waals surface area contributed by atoms with Crippen LogP contribution in [0.15, 0.2) is 54.6 Å². The summed E-state index contributed by atoms with van der Waals surface area (Å²) in [5.41, 5.74) is 2.22. The van der Waals surface area contributed by atoms with E-state index in [4.69, 9.17) is 4.74 Å². The number of hydrogen-bond donors (Lipinski definition) is 2. The van der Waals surface area contributed by atoms with E-state index in [0.29, 0.717) is 23.9 Å². The zero-order valence-corrected chi connectivity index (χ0v) is 16.4. The van der Waals surface area contributed by atoms with Crippen LogP contribution < -0.4 is 15.5 Å². The second kappa shape index (κ2) is 9.73. The summed E-state index contributed by atoms with van der Waals surface area (Å²) in [5.74, 6) is -0.413. The summed E-state index contributed by atoms with van der Waals surface area (Å²) in [4.78, 5) is 38.3. The first-order chi connectivity index (χ1) is 14.0. The van der Waals surface area contributed by atoms with Gasteiger partial charge in [-0.1, -0.05) is 30.3 Å². The third-order valence-corrected chi connectivity index (χ3v) is 4.51. The molecule has 1 saturated carbocycles. The highest BCUT2D eigenvalue weighted by atomic mass is 16.5. The second-order valence-electron chi connectivity index (χ2n) is 7.12. The van der Waals surface area contributed by atoms with E-state index in [1.54, 1.807) is 30.3 Å². The van der Waals surface area contributed by atoms with Gasteiger partial charge in [-0.2, -0.15) is 0 Å². The number of esters is 1. The molecule has 29 heavy (non-hydrogen) atoms. The Bertz CT molecular complexity index is 865. The highest BCUT2D eigenvalue weighted by Gasteiger charge is 2.25. The van der Waals surface area contributed by atoms with Crippen molar-refractivity contribution in [2.24, 2.45) is 5.92 Å². The molecule has 0 radical (unpaired) electrons. The molecule has 2 N–H and O–H groups in total. The van der Waals surface area contributed by atoms with Crippen molar-refractivity contribution in [1.82, 2.24) is 5.32 Å². The quantitative estimate of drug-likeness (QED) is 0.673. The number of carbonyl (C=O) groups excluding carboxylic acids is 3. The number of rotatable bonds is 8. The smallest absolute Gasteiger partial charge is 0.326 e. The lowest BCUT2D eigenvalue weighted by molar-refractivity contribution is -0.143. The molecule has 7 heteroatoms. The van der Waals surface area contributed by atoms with Gasteiger partial charge in [0.2, 0.25) is 5.91 Å². The first-order valence-electron chi connectivity index (χ1n) is 9.64. The molecule has 0 aliphatic heterocycles. The molecule has 3 rings (SSSR count). The first-order valence-corrected chi connectivity index (χ1v) is 9.64. The van der Waals surface area contributed by atoms with E-state index in [0.717, 1.165) is 18.4 Å². The molecule has 0 bridgehead atoms. The lowest BCUT2D eigenvalue weighted by Gasteiger charge is -2.22. The SMILES string of the molecule is Cc1cccc(NC(=O)NCC(=O)N(CC(=O)OCC2CC2)c2ccccc2)c1. The van der Waals surface area contributed by atoms with E-state index in [2.05, 4.69) is 10.6 Å². The Morgan fingerprint density at radius 1 is 1.07 bits per heavy atom. The van der Waals surface area contributed by atoms with Crippen LogP contribution in [-0.2, 0) is 14.3 Å². The molecule has 7 nitrogen and oxygen atoms in total. The monoisotopic (exact) mass is 395 g/mol. The van der Waals surface area contributed by atoms with Crippen molar-refractivity contribution in [3.05, 3.63) is 60.2 Å². The van der Waals surface area contributed by atoms with Gasteiger partial charge in [0.1, 0.15) is 6.54 Å². The van der Waals surface area contributed by atoms with Gasteiger partial charge in [-0.05, 0) is 55.5 Å². The first kappa shape index (κ1) is 20.4.